The maximum atomic E-state index is 10.7. The first-order valence-electron chi connectivity index (χ1n) is 3.31. The lowest BCUT2D eigenvalue weighted by Gasteiger charge is -2.14. The highest BCUT2D eigenvalue weighted by atomic mass is 16.1. The summed E-state index contributed by atoms with van der Waals surface area (Å²) in [6.45, 7) is 2.15. The Balaban J connectivity index is 2.34. The maximum absolute atomic E-state index is 10.7. The van der Waals surface area contributed by atoms with Crippen LogP contribution in [-0.4, -0.2) is 5.78 Å². The summed E-state index contributed by atoms with van der Waals surface area (Å²) in [7, 11) is 0. The Morgan fingerprint density at radius 1 is 1.62 bits per heavy atom. The Kier molecular flexibility index (Phi) is 1.66. The highest BCUT2D eigenvalue weighted by Crippen LogP contribution is 2.19. The van der Waals surface area contributed by atoms with Crippen molar-refractivity contribution in [1.29, 1.82) is 0 Å². The van der Waals surface area contributed by atoms with E-state index in [2.05, 4.69) is 6.92 Å². The van der Waals surface area contributed by atoms with Crippen molar-refractivity contribution in [2.75, 3.05) is 0 Å². The van der Waals surface area contributed by atoms with Gasteiger partial charge in [0.2, 0.25) is 0 Å². The summed E-state index contributed by atoms with van der Waals surface area (Å²) in [5.41, 5.74) is 0. The summed E-state index contributed by atoms with van der Waals surface area (Å²) in [6, 6.07) is 0. The molecule has 0 bridgehead atoms. The SMILES string of the molecule is [13CH3]C1CCCC(=O)C1. The predicted molar refractivity (Wildman–Crippen MR) is 32.6 cm³/mol. The molecule has 1 unspecified atom stereocenters. The molecule has 1 nitrogen and oxygen atoms in total. The van der Waals surface area contributed by atoms with E-state index in [9.17, 15) is 4.79 Å². The van der Waals surface area contributed by atoms with Gasteiger partial charge in [0, 0.05) is 12.8 Å². The molecule has 1 rings (SSSR count). The Hall–Kier alpha value is -0.330. The van der Waals surface area contributed by atoms with Crippen LogP contribution in [0.4, 0.5) is 0 Å². The minimum Gasteiger partial charge on any atom is -0.300 e. The summed E-state index contributed by atoms with van der Waals surface area (Å²) in [6.07, 6.45) is 4.05. The van der Waals surface area contributed by atoms with E-state index in [0.717, 1.165) is 19.3 Å². The largest absolute Gasteiger partial charge is 0.300 e. The zero-order valence-corrected chi connectivity index (χ0v) is 5.31. The minimum atomic E-state index is 0.462. The van der Waals surface area contributed by atoms with E-state index in [1.54, 1.807) is 0 Å². The molecular formula is C7H12O. The second-order valence-electron chi connectivity index (χ2n) is 2.74. The molecule has 0 aromatic carbocycles. The van der Waals surface area contributed by atoms with Crippen molar-refractivity contribution in [3.8, 4) is 0 Å². The standard InChI is InChI=1S/C7H12O/c1-6-3-2-4-7(8)5-6/h6H,2-5H2,1H3/i1+1. The van der Waals surface area contributed by atoms with Crippen molar-refractivity contribution < 1.29 is 4.79 Å². The molecule has 0 N–H and O–H groups in total. The third-order valence-electron chi connectivity index (χ3n) is 1.73. The van der Waals surface area contributed by atoms with Crippen LogP contribution in [0.3, 0.4) is 0 Å². The molecule has 0 radical (unpaired) electrons. The van der Waals surface area contributed by atoms with Crippen molar-refractivity contribution in [2.24, 2.45) is 5.92 Å². The third kappa shape index (κ3) is 1.32. The quantitative estimate of drug-likeness (QED) is 0.437. The van der Waals surface area contributed by atoms with Crippen LogP contribution in [0.5, 0.6) is 0 Å². The molecule has 0 aromatic rings. The van der Waals surface area contributed by atoms with Crippen LogP contribution in [0.1, 0.15) is 32.6 Å². The molecule has 1 aliphatic carbocycles. The molecular weight excluding hydrogens is 101 g/mol. The van der Waals surface area contributed by atoms with Gasteiger partial charge in [-0.15, -0.1) is 0 Å². The van der Waals surface area contributed by atoms with Crippen molar-refractivity contribution in [2.45, 2.75) is 32.6 Å². The monoisotopic (exact) mass is 113 g/mol. The molecule has 1 saturated carbocycles. The van der Waals surface area contributed by atoms with Crippen molar-refractivity contribution in [3.63, 3.8) is 0 Å². The lowest BCUT2D eigenvalue weighted by molar-refractivity contribution is -0.121. The maximum Gasteiger partial charge on any atom is 0.133 e. The van der Waals surface area contributed by atoms with Crippen molar-refractivity contribution >= 4 is 5.78 Å². The van der Waals surface area contributed by atoms with E-state index in [-0.39, 0.29) is 0 Å². The zero-order chi connectivity index (χ0) is 5.98. The second kappa shape index (κ2) is 2.29. The molecule has 1 fully saturated rings. The number of ketones is 1. The minimum absolute atomic E-state index is 0.462. The molecule has 0 aromatic heterocycles. The molecule has 1 atom stereocenters. The van der Waals surface area contributed by atoms with Crippen LogP contribution in [-0.2, 0) is 4.79 Å². The molecule has 0 aliphatic heterocycles. The smallest absolute Gasteiger partial charge is 0.133 e. The van der Waals surface area contributed by atoms with Gasteiger partial charge in [0.1, 0.15) is 5.78 Å². The van der Waals surface area contributed by atoms with Gasteiger partial charge >= 0.3 is 0 Å². The van der Waals surface area contributed by atoms with Gasteiger partial charge in [0.05, 0.1) is 0 Å². The molecule has 0 amide bonds. The Labute approximate surface area is 50.1 Å². The Morgan fingerprint density at radius 3 is 2.75 bits per heavy atom. The van der Waals surface area contributed by atoms with E-state index in [4.69, 9.17) is 0 Å². The number of Topliss-reactive ketones (excluding diaryl/α,β-unsaturated/α-hetero) is 1. The molecule has 0 spiro atoms. The predicted octanol–water partition coefficient (Wildman–Crippen LogP) is 1.77. The highest BCUT2D eigenvalue weighted by Gasteiger charge is 2.14. The van der Waals surface area contributed by atoms with Crippen LogP contribution < -0.4 is 0 Å². The molecule has 1 aliphatic rings. The lowest BCUT2D eigenvalue weighted by Crippen LogP contribution is -2.11. The summed E-state index contributed by atoms with van der Waals surface area (Å²) in [5, 5.41) is 0. The van der Waals surface area contributed by atoms with Crippen molar-refractivity contribution in [3.05, 3.63) is 0 Å². The molecule has 0 heterocycles. The average Bonchev–Trinajstić information content (AvgIpc) is 1.64. The van der Waals surface area contributed by atoms with Gasteiger partial charge in [0.15, 0.2) is 0 Å². The first-order valence-corrected chi connectivity index (χ1v) is 3.31. The third-order valence-corrected chi connectivity index (χ3v) is 1.73. The number of carbonyl (C=O) groups is 1. The van der Waals surface area contributed by atoms with Crippen LogP contribution >= 0.6 is 0 Å². The Bertz CT molecular complexity index is 96.6. The summed E-state index contributed by atoms with van der Waals surface area (Å²) >= 11 is 0. The van der Waals surface area contributed by atoms with Crippen LogP contribution in [0.15, 0.2) is 0 Å². The van der Waals surface area contributed by atoms with Gasteiger partial charge in [-0.05, 0) is 18.8 Å². The van der Waals surface area contributed by atoms with Crippen LogP contribution in [0, 0.1) is 5.92 Å². The fourth-order valence-electron chi connectivity index (χ4n) is 1.24. The van der Waals surface area contributed by atoms with Gasteiger partial charge in [0.25, 0.3) is 0 Å². The molecule has 46 valence electrons. The van der Waals surface area contributed by atoms with Gasteiger partial charge < -0.3 is 0 Å². The first-order chi connectivity index (χ1) is 3.79. The Morgan fingerprint density at radius 2 is 2.38 bits per heavy atom. The summed E-state index contributed by atoms with van der Waals surface area (Å²) in [5.74, 6) is 1.12. The first kappa shape index (κ1) is 5.80. The molecule has 1 heteroatoms. The number of carbonyl (C=O) groups excluding carboxylic acids is 1. The molecule has 0 saturated heterocycles. The number of rotatable bonds is 0. The average molecular weight is 113 g/mol. The van der Waals surface area contributed by atoms with E-state index >= 15 is 0 Å². The van der Waals surface area contributed by atoms with Crippen molar-refractivity contribution in [1.82, 2.24) is 0 Å². The fraction of sp³-hybridized carbons (Fsp3) is 0.857. The van der Waals surface area contributed by atoms with Gasteiger partial charge in [-0.2, -0.15) is 0 Å². The summed E-state index contributed by atoms with van der Waals surface area (Å²) < 4.78 is 0. The molecule has 8 heavy (non-hydrogen) atoms. The topological polar surface area (TPSA) is 17.1 Å². The number of hydrogen-bond donors (Lipinski definition) is 0. The number of hydrogen-bond acceptors (Lipinski definition) is 1. The van der Waals surface area contributed by atoms with E-state index in [0.29, 0.717) is 11.7 Å². The normalized spacial score (nSPS) is 30.6. The lowest BCUT2D eigenvalue weighted by atomic mass is 9.94. The van der Waals surface area contributed by atoms with E-state index < -0.39 is 0 Å². The highest BCUT2D eigenvalue weighted by molar-refractivity contribution is 5.79. The summed E-state index contributed by atoms with van der Waals surface area (Å²) in [4.78, 5) is 10.7. The van der Waals surface area contributed by atoms with Crippen LogP contribution in [0.25, 0.3) is 0 Å². The fourth-order valence-corrected chi connectivity index (χ4v) is 1.24. The van der Waals surface area contributed by atoms with E-state index in [1.807, 2.05) is 0 Å². The zero-order valence-electron chi connectivity index (χ0n) is 5.31. The van der Waals surface area contributed by atoms with E-state index in [1.165, 1.54) is 6.42 Å². The van der Waals surface area contributed by atoms with Crippen LogP contribution in [0.2, 0.25) is 0 Å². The van der Waals surface area contributed by atoms with Gasteiger partial charge in [-0.1, -0.05) is 6.92 Å². The second-order valence-corrected chi connectivity index (χ2v) is 2.74. The van der Waals surface area contributed by atoms with Gasteiger partial charge in [-0.25, -0.2) is 0 Å². The van der Waals surface area contributed by atoms with Gasteiger partial charge in [-0.3, -0.25) is 4.79 Å².